The first-order chi connectivity index (χ1) is 11.8. The summed E-state index contributed by atoms with van der Waals surface area (Å²) in [6.07, 6.45) is 0.972. The molecule has 2 aromatic carbocycles. The number of benzene rings is 2. The van der Waals surface area contributed by atoms with Crippen LogP contribution in [-0.4, -0.2) is 27.7 Å². The largest absolute Gasteiger partial charge is 0.497 e. The third kappa shape index (κ3) is 6.04. The molecule has 134 valence electrons. The molecule has 8 heteroatoms. The number of carbonyl (C=O) groups is 1. The first kappa shape index (κ1) is 19.2. The predicted octanol–water partition coefficient (Wildman–Crippen LogP) is 2.97. The minimum Gasteiger partial charge on any atom is -0.497 e. The van der Waals surface area contributed by atoms with Crippen molar-refractivity contribution in [3.8, 4) is 5.75 Å². The van der Waals surface area contributed by atoms with Crippen molar-refractivity contribution in [2.75, 3.05) is 18.7 Å². The standard InChI is InChI=1S/C17H19ClN2O4S/c1-24-13-9-7-12(8-10-13)16(20-25(2,22)23)11-17(21)19-15-6-4-3-5-14(15)18/h3-10,16,20H,11H2,1-2H3,(H,19,21)/t16-/m0/s1. The van der Waals surface area contributed by atoms with Crippen LogP contribution < -0.4 is 14.8 Å². The highest BCUT2D eigenvalue weighted by molar-refractivity contribution is 7.88. The molecular weight excluding hydrogens is 364 g/mol. The average Bonchev–Trinajstić information content (AvgIpc) is 2.55. The fourth-order valence-electron chi connectivity index (χ4n) is 2.27. The highest BCUT2D eigenvalue weighted by Crippen LogP contribution is 2.24. The van der Waals surface area contributed by atoms with Crippen LogP contribution in [-0.2, 0) is 14.8 Å². The molecule has 2 rings (SSSR count). The van der Waals surface area contributed by atoms with Crippen LogP contribution >= 0.6 is 11.6 Å². The number of sulfonamides is 1. The number of para-hydroxylation sites is 1. The van der Waals surface area contributed by atoms with E-state index in [2.05, 4.69) is 10.0 Å². The molecule has 0 saturated heterocycles. The van der Waals surface area contributed by atoms with Crippen molar-refractivity contribution in [1.29, 1.82) is 0 Å². The molecule has 0 heterocycles. The zero-order valence-corrected chi connectivity index (χ0v) is 15.4. The summed E-state index contributed by atoms with van der Waals surface area (Å²) in [6, 6.07) is 13.0. The van der Waals surface area contributed by atoms with E-state index in [1.54, 1.807) is 48.5 Å². The van der Waals surface area contributed by atoms with E-state index in [9.17, 15) is 13.2 Å². The van der Waals surface area contributed by atoms with Gasteiger partial charge < -0.3 is 10.1 Å². The molecule has 25 heavy (non-hydrogen) atoms. The van der Waals surface area contributed by atoms with E-state index in [0.717, 1.165) is 6.26 Å². The van der Waals surface area contributed by atoms with Gasteiger partial charge in [0, 0.05) is 6.42 Å². The first-order valence-corrected chi connectivity index (χ1v) is 9.71. The van der Waals surface area contributed by atoms with E-state index in [-0.39, 0.29) is 12.3 Å². The number of rotatable bonds is 7. The number of carbonyl (C=O) groups excluding carboxylic acids is 1. The van der Waals surface area contributed by atoms with Crippen molar-refractivity contribution in [3.63, 3.8) is 0 Å². The average molecular weight is 383 g/mol. The summed E-state index contributed by atoms with van der Waals surface area (Å²) in [5, 5.41) is 3.10. The molecule has 2 aromatic rings. The van der Waals surface area contributed by atoms with Gasteiger partial charge in [0.05, 0.1) is 30.1 Å². The maximum absolute atomic E-state index is 12.3. The molecule has 1 amide bonds. The summed E-state index contributed by atoms with van der Waals surface area (Å²) in [5.74, 6) is 0.285. The minimum absolute atomic E-state index is 0.0787. The number of hydrogen-bond donors (Lipinski definition) is 2. The second-order valence-corrected chi connectivity index (χ2v) is 7.64. The van der Waals surface area contributed by atoms with Crippen LogP contribution in [0, 0.1) is 0 Å². The fourth-order valence-corrected chi connectivity index (χ4v) is 3.19. The van der Waals surface area contributed by atoms with Crippen molar-refractivity contribution in [2.45, 2.75) is 12.5 Å². The van der Waals surface area contributed by atoms with E-state index in [1.807, 2.05) is 0 Å². The van der Waals surface area contributed by atoms with Crippen LogP contribution in [0.4, 0.5) is 5.69 Å². The van der Waals surface area contributed by atoms with E-state index in [1.165, 1.54) is 7.11 Å². The lowest BCUT2D eigenvalue weighted by Gasteiger charge is -2.18. The van der Waals surface area contributed by atoms with Crippen molar-refractivity contribution in [2.24, 2.45) is 0 Å². The van der Waals surface area contributed by atoms with Crippen LogP contribution in [0.3, 0.4) is 0 Å². The van der Waals surface area contributed by atoms with Crippen LogP contribution in [0.5, 0.6) is 5.75 Å². The Bertz CT molecular complexity index is 838. The van der Waals surface area contributed by atoms with E-state index >= 15 is 0 Å². The van der Waals surface area contributed by atoms with Gasteiger partial charge in [0.25, 0.3) is 0 Å². The predicted molar refractivity (Wildman–Crippen MR) is 98.4 cm³/mol. The number of halogens is 1. The Morgan fingerprint density at radius 3 is 2.36 bits per heavy atom. The lowest BCUT2D eigenvalue weighted by atomic mass is 10.0. The molecule has 0 unspecified atom stereocenters. The van der Waals surface area contributed by atoms with Crippen molar-refractivity contribution in [3.05, 3.63) is 59.1 Å². The van der Waals surface area contributed by atoms with E-state index in [0.29, 0.717) is 22.0 Å². The molecule has 0 saturated carbocycles. The first-order valence-electron chi connectivity index (χ1n) is 7.44. The molecule has 0 spiro atoms. The van der Waals surface area contributed by atoms with Gasteiger partial charge in [0.1, 0.15) is 5.75 Å². The van der Waals surface area contributed by atoms with Gasteiger partial charge in [-0.15, -0.1) is 0 Å². The van der Waals surface area contributed by atoms with Crippen molar-refractivity contribution in [1.82, 2.24) is 4.72 Å². The van der Waals surface area contributed by atoms with Gasteiger partial charge in [-0.2, -0.15) is 0 Å². The summed E-state index contributed by atoms with van der Waals surface area (Å²) >= 11 is 6.02. The van der Waals surface area contributed by atoms with Crippen LogP contribution in [0.25, 0.3) is 0 Å². The number of ether oxygens (including phenoxy) is 1. The lowest BCUT2D eigenvalue weighted by molar-refractivity contribution is -0.116. The third-order valence-electron chi connectivity index (χ3n) is 3.41. The maximum atomic E-state index is 12.3. The highest BCUT2D eigenvalue weighted by atomic mass is 35.5. The Balaban J connectivity index is 2.17. The Labute approximate surface area is 152 Å². The van der Waals surface area contributed by atoms with Crippen molar-refractivity contribution >= 4 is 33.2 Å². The fraction of sp³-hybridized carbons (Fsp3) is 0.235. The quantitative estimate of drug-likeness (QED) is 0.771. The zero-order chi connectivity index (χ0) is 18.4. The summed E-state index contributed by atoms with van der Waals surface area (Å²) in [6.45, 7) is 0. The number of anilines is 1. The van der Waals surface area contributed by atoms with Gasteiger partial charge in [-0.3, -0.25) is 4.79 Å². The van der Waals surface area contributed by atoms with Crippen LogP contribution in [0.15, 0.2) is 48.5 Å². The van der Waals surface area contributed by atoms with E-state index < -0.39 is 16.1 Å². The Morgan fingerprint density at radius 1 is 1.16 bits per heavy atom. The van der Waals surface area contributed by atoms with Gasteiger partial charge in [-0.1, -0.05) is 35.9 Å². The maximum Gasteiger partial charge on any atom is 0.226 e. The summed E-state index contributed by atoms with van der Waals surface area (Å²) in [5.41, 5.74) is 1.13. The van der Waals surface area contributed by atoms with Crippen LogP contribution in [0.2, 0.25) is 5.02 Å². The molecular formula is C17H19ClN2O4S. The third-order valence-corrected chi connectivity index (χ3v) is 4.45. The monoisotopic (exact) mass is 382 g/mol. The summed E-state index contributed by atoms with van der Waals surface area (Å²) in [7, 11) is -1.96. The Hall–Kier alpha value is -2.09. The summed E-state index contributed by atoms with van der Waals surface area (Å²) < 4.78 is 30.9. The Kier molecular flexibility index (Phi) is 6.41. The second-order valence-electron chi connectivity index (χ2n) is 5.45. The Morgan fingerprint density at radius 2 is 1.80 bits per heavy atom. The summed E-state index contributed by atoms with van der Waals surface area (Å²) in [4.78, 5) is 12.3. The molecule has 0 aliphatic heterocycles. The number of hydrogen-bond acceptors (Lipinski definition) is 4. The molecule has 0 aliphatic rings. The van der Waals surface area contributed by atoms with Gasteiger partial charge in [-0.05, 0) is 29.8 Å². The number of methoxy groups -OCH3 is 1. The molecule has 1 atom stereocenters. The normalized spacial score (nSPS) is 12.4. The second kappa shape index (κ2) is 8.33. The van der Waals surface area contributed by atoms with Gasteiger partial charge in [-0.25, -0.2) is 13.1 Å². The van der Waals surface area contributed by atoms with E-state index in [4.69, 9.17) is 16.3 Å². The molecule has 6 nitrogen and oxygen atoms in total. The number of nitrogens with one attached hydrogen (secondary N) is 2. The molecule has 0 fully saturated rings. The smallest absolute Gasteiger partial charge is 0.226 e. The topological polar surface area (TPSA) is 84.5 Å². The molecule has 0 aromatic heterocycles. The highest BCUT2D eigenvalue weighted by Gasteiger charge is 2.20. The van der Waals surface area contributed by atoms with Gasteiger partial charge >= 0.3 is 0 Å². The van der Waals surface area contributed by atoms with Gasteiger partial charge in [0.15, 0.2) is 0 Å². The van der Waals surface area contributed by atoms with Gasteiger partial charge in [0.2, 0.25) is 15.9 Å². The van der Waals surface area contributed by atoms with Crippen molar-refractivity contribution < 1.29 is 17.9 Å². The molecule has 2 N–H and O–H groups in total. The molecule has 0 bridgehead atoms. The zero-order valence-electron chi connectivity index (χ0n) is 13.8. The molecule has 0 aliphatic carbocycles. The number of amides is 1. The lowest BCUT2D eigenvalue weighted by Crippen LogP contribution is -2.30. The minimum atomic E-state index is -3.50. The van der Waals surface area contributed by atoms with Crippen LogP contribution in [0.1, 0.15) is 18.0 Å². The SMILES string of the molecule is COc1ccc([C@H](CC(=O)Nc2ccccc2Cl)NS(C)(=O)=O)cc1. The molecule has 0 radical (unpaired) electrons.